The maximum Gasteiger partial charge on any atom is 0.311 e. The Morgan fingerprint density at radius 2 is 1.73 bits per heavy atom. The van der Waals surface area contributed by atoms with E-state index < -0.39 is 27.5 Å². The van der Waals surface area contributed by atoms with Crippen LogP contribution in [0.4, 0.5) is 10.5 Å². The Kier molecular flexibility index (Phi) is 6.48. The van der Waals surface area contributed by atoms with Gasteiger partial charge in [0.15, 0.2) is 0 Å². The lowest BCUT2D eigenvalue weighted by Crippen LogP contribution is -2.27. The molecule has 4 rings (SSSR count). The van der Waals surface area contributed by atoms with E-state index in [4.69, 9.17) is 11.6 Å². The molecule has 3 aromatic rings. The lowest BCUT2D eigenvalue weighted by molar-refractivity contribution is -0.385. The van der Waals surface area contributed by atoms with Gasteiger partial charge in [0, 0.05) is 16.7 Å². The highest BCUT2D eigenvalue weighted by Gasteiger charge is 2.35. The minimum Gasteiger partial charge on any atom is -0.502 e. The molecule has 7 nitrogen and oxygen atoms in total. The SMILES string of the molecule is O=C1S/C(=C\c2cc(Cc3ccccc3)cc([N+](=O)[O-])c2O)C(=O)N1Cc1cccc(Cl)c1. The van der Waals surface area contributed by atoms with E-state index in [2.05, 4.69) is 0 Å². The van der Waals surface area contributed by atoms with Gasteiger partial charge in [-0.25, -0.2) is 0 Å². The highest BCUT2D eigenvalue weighted by atomic mass is 35.5. The van der Waals surface area contributed by atoms with Gasteiger partial charge < -0.3 is 5.11 Å². The van der Waals surface area contributed by atoms with Crippen molar-refractivity contribution < 1.29 is 19.6 Å². The Balaban J connectivity index is 1.66. The molecule has 1 heterocycles. The van der Waals surface area contributed by atoms with Gasteiger partial charge in [0.05, 0.1) is 16.4 Å². The molecule has 0 atom stereocenters. The Morgan fingerprint density at radius 3 is 2.42 bits per heavy atom. The summed E-state index contributed by atoms with van der Waals surface area (Å²) in [4.78, 5) is 37.3. The van der Waals surface area contributed by atoms with Crippen molar-refractivity contribution in [3.05, 3.63) is 109 Å². The molecule has 0 unspecified atom stereocenters. The molecule has 0 aromatic heterocycles. The number of nitrogens with zero attached hydrogens (tertiary/aromatic N) is 2. The number of halogens is 1. The zero-order chi connectivity index (χ0) is 23.5. The average Bonchev–Trinajstić information content (AvgIpc) is 3.04. The lowest BCUT2D eigenvalue weighted by atomic mass is 10.0. The fourth-order valence-electron chi connectivity index (χ4n) is 3.48. The summed E-state index contributed by atoms with van der Waals surface area (Å²) in [6.45, 7) is 0.0444. The van der Waals surface area contributed by atoms with Gasteiger partial charge in [-0.05, 0) is 59.1 Å². The number of aromatic hydroxyl groups is 1. The van der Waals surface area contributed by atoms with Gasteiger partial charge in [0.25, 0.3) is 11.1 Å². The highest BCUT2D eigenvalue weighted by Crippen LogP contribution is 2.38. The van der Waals surface area contributed by atoms with E-state index in [1.807, 2.05) is 30.3 Å². The van der Waals surface area contributed by atoms with Crippen LogP contribution in [0.5, 0.6) is 5.75 Å². The van der Waals surface area contributed by atoms with Crippen LogP contribution < -0.4 is 0 Å². The number of rotatable bonds is 6. The quantitative estimate of drug-likeness (QED) is 0.272. The van der Waals surface area contributed by atoms with E-state index >= 15 is 0 Å². The third kappa shape index (κ3) is 5.08. The molecule has 1 fully saturated rings. The van der Waals surface area contributed by atoms with E-state index in [1.54, 1.807) is 30.3 Å². The number of amides is 2. The summed E-state index contributed by atoms with van der Waals surface area (Å²) in [7, 11) is 0. The predicted molar refractivity (Wildman–Crippen MR) is 127 cm³/mol. The van der Waals surface area contributed by atoms with Crippen molar-refractivity contribution in [2.45, 2.75) is 13.0 Å². The number of hydrogen-bond donors (Lipinski definition) is 1. The standard InChI is InChI=1S/C24H17ClN2O5S/c25-19-8-4-7-16(11-19)14-26-23(29)21(33-24(26)30)13-18-10-17(9-15-5-2-1-3-6-15)12-20(22(18)28)27(31)32/h1-8,10-13,28H,9,14H2/b21-13-. The molecule has 0 radical (unpaired) electrons. The van der Waals surface area contributed by atoms with Crippen molar-refractivity contribution in [3.8, 4) is 5.75 Å². The second-order valence-electron chi connectivity index (χ2n) is 7.37. The molecule has 166 valence electrons. The third-order valence-electron chi connectivity index (χ3n) is 5.02. The molecule has 1 saturated heterocycles. The number of phenols is 1. The predicted octanol–water partition coefficient (Wildman–Crippen LogP) is 5.78. The summed E-state index contributed by atoms with van der Waals surface area (Å²) in [5, 5.41) is 22.0. The van der Waals surface area contributed by atoms with E-state index in [-0.39, 0.29) is 17.0 Å². The molecule has 1 aliphatic heterocycles. The van der Waals surface area contributed by atoms with Crippen LogP contribution in [0, 0.1) is 10.1 Å². The second kappa shape index (κ2) is 9.48. The normalized spacial score (nSPS) is 14.8. The number of carbonyl (C=O) groups excluding carboxylic acids is 2. The zero-order valence-electron chi connectivity index (χ0n) is 17.1. The number of nitro benzene ring substituents is 1. The fourth-order valence-corrected chi connectivity index (χ4v) is 4.52. The smallest absolute Gasteiger partial charge is 0.311 e. The summed E-state index contributed by atoms with van der Waals surface area (Å²) in [5.41, 5.74) is 1.85. The van der Waals surface area contributed by atoms with E-state index in [0.29, 0.717) is 22.6 Å². The van der Waals surface area contributed by atoms with Crippen molar-refractivity contribution in [1.82, 2.24) is 4.90 Å². The molecular formula is C24H17ClN2O5S. The molecule has 33 heavy (non-hydrogen) atoms. The average molecular weight is 481 g/mol. The summed E-state index contributed by atoms with van der Waals surface area (Å²) in [5.74, 6) is -1.10. The Bertz CT molecular complexity index is 1290. The topological polar surface area (TPSA) is 101 Å². The van der Waals surface area contributed by atoms with Crippen molar-refractivity contribution >= 4 is 46.3 Å². The molecule has 0 saturated carbocycles. The van der Waals surface area contributed by atoms with E-state index in [9.17, 15) is 24.8 Å². The molecule has 0 bridgehead atoms. The summed E-state index contributed by atoms with van der Waals surface area (Å²) in [6, 6.07) is 19.1. The molecule has 0 spiro atoms. The van der Waals surface area contributed by atoms with Gasteiger partial charge in [0.2, 0.25) is 5.75 Å². The van der Waals surface area contributed by atoms with Crippen molar-refractivity contribution in [3.63, 3.8) is 0 Å². The molecule has 3 aromatic carbocycles. The van der Waals surface area contributed by atoms with Crippen molar-refractivity contribution in [2.24, 2.45) is 0 Å². The highest BCUT2D eigenvalue weighted by molar-refractivity contribution is 8.18. The zero-order valence-corrected chi connectivity index (χ0v) is 18.7. The van der Waals surface area contributed by atoms with Crippen molar-refractivity contribution in [2.75, 3.05) is 0 Å². The maximum atomic E-state index is 12.9. The number of imide groups is 1. The molecule has 1 aliphatic rings. The van der Waals surface area contributed by atoms with Crippen LogP contribution in [0.25, 0.3) is 6.08 Å². The number of phenolic OH excluding ortho intramolecular Hbond substituents is 1. The molecule has 1 N–H and O–H groups in total. The van der Waals surface area contributed by atoms with Crippen LogP contribution in [-0.2, 0) is 17.8 Å². The van der Waals surface area contributed by atoms with Crippen LogP contribution in [0.2, 0.25) is 5.02 Å². The Morgan fingerprint density at radius 1 is 1.00 bits per heavy atom. The van der Waals surface area contributed by atoms with E-state index in [0.717, 1.165) is 22.2 Å². The Hall–Kier alpha value is -3.62. The van der Waals surface area contributed by atoms with Gasteiger partial charge in [-0.15, -0.1) is 0 Å². The minimum atomic E-state index is -0.675. The van der Waals surface area contributed by atoms with Crippen LogP contribution in [0.15, 0.2) is 71.6 Å². The number of carbonyl (C=O) groups is 2. The molecule has 9 heteroatoms. The Labute approximate surface area is 198 Å². The van der Waals surface area contributed by atoms with Gasteiger partial charge >= 0.3 is 5.69 Å². The van der Waals surface area contributed by atoms with Crippen molar-refractivity contribution in [1.29, 1.82) is 0 Å². The number of thioether (sulfide) groups is 1. The fraction of sp³-hybridized carbons (Fsp3) is 0.0833. The minimum absolute atomic E-state index is 0.0444. The first-order chi connectivity index (χ1) is 15.8. The van der Waals surface area contributed by atoms with Crippen LogP contribution in [0.1, 0.15) is 22.3 Å². The lowest BCUT2D eigenvalue weighted by Gasteiger charge is -2.12. The van der Waals surface area contributed by atoms with Crippen LogP contribution in [-0.4, -0.2) is 26.1 Å². The first-order valence-electron chi connectivity index (χ1n) is 9.86. The van der Waals surface area contributed by atoms with Crippen LogP contribution >= 0.6 is 23.4 Å². The van der Waals surface area contributed by atoms with Gasteiger partial charge in [-0.3, -0.25) is 24.6 Å². The van der Waals surface area contributed by atoms with Gasteiger partial charge in [0.1, 0.15) is 0 Å². The molecule has 0 aliphatic carbocycles. The number of hydrogen-bond acceptors (Lipinski definition) is 6. The van der Waals surface area contributed by atoms with E-state index in [1.165, 1.54) is 12.1 Å². The monoisotopic (exact) mass is 480 g/mol. The second-order valence-corrected chi connectivity index (χ2v) is 8.80. The molecule has 2 amide bonds. The largest absolute Gasteiger partial charge is 0.502 e. The van der Waals surface area contributed by atoms with Crippen LogP contribution in [0.3, 0.4) is 0 Å². The first kappa shape index (κ1) is 22.6. The molecular weight excluding hydrogens is 464 g/mol. The summed E-state index contributed by atoms with van der Waals surface area (Å²) in [6.07, 6.45) is 1.72. The number of benzene rings is 3. The summed E-state index contributed by atoms with van der Waals surface area (Å²) >= 11 is 6.70. The first-order valence-corrected chi connectivity index (χ1v) is 11.1. The number of nitro groups is 1. The summed E-state index contributed by atoms with van der Waals surface area (Å²) < 4.78 is 0. The maximum absolute atomic E-state index is 12.9. The van der Waals surface area contributed by atoms with Gasteiger partial charge in [-0.2, -0.15) is 0 Å². The van der Waals surface area contributed by atoms with Gasteiger partial charge in [-0.1, -0.05) is 54.1 Å². The third-order valence-corrected chi connectivity index (χ3v) is 6.16.